The molecule has 0 amide bonds. The number of aliphatic hydroxyl groups excluding tert-OH is 1. The number of para-hydroxylation sites is 2. The zero-order chi connectivity index (χ0) is 19.5. The number of fused-ring (bicyclic) bond motifs is 1. The van der Waals surface area contributed by atoms with Crippen molar-refractivity contribution in [1.29, 1.82) is 0 Å². The Hall–Kier alpha value is -2.58. The second kappa shape index (κ2) is 8.20. The van der Waals surface area contributed by atoms with E-state index in [1.54, 1.807) is 6.33 Å². The van der Waals surface area contributed by atoms with E-state index in [9.17, 15) is 5.11 Å². The fourth-order valence-corrected chi connectivity index (χ4v) is 3.75. The van der Waals surface area contributed by atoms with Gasteiger partial charge in [0.1, 0.15) is 30.7 Å². The highest BCUT2D eigenvalue weighted by Crippen LogP contribution is 2.31. The van der Waals surface area contributed by atoms with Crippen molar-refractivity contribution in [2.24, 2.45) is 0 Å². The van der Waals surface area contributed by atoms with Gasteiger partial charge in [0.25, 0.3) is 0 Å². The number of rotatable bonds is 6. The van der Waals surface area contributed by atoms with Crippen LogP contribution in [-0.2, 0) is 0 Å². The molecule has 4 rings (SSSR count). The summed E-state index contributed by atoms with van der Waals surface area (Å²) in [6.07, 6.45) is 1.88. The molecule has 8 heteroatoms. The van der Waals surface area contributed by atoms with Crippen LogP contribution < -0.4 is 19.7 Å². The van der Waals surface area contributed by atoms with Gasteiger partial charge in [0.05, 0.1) is 12.6 Å². The fourth-order valence-electron chi connectivity index (χ4n) is 3.75. The first-order chi connectivity index (χ1) is 13.6. The summed E-state index contributed by atoms with van der Waals surface area (Å²) in [5, 5.41) is 13.4. The van der Waals surface area contributed by atoms with Crippen LogP contribution in [0.1, 0.15) is 6.42 Å². The van der Waals surface area contributed by atoms with Crippen molar-refractivity contribution in [1.82, 2.24) is 14.9 Å². The number of likely N-dealkylation sites (N-methyl/N-ethyl adjacent to an activating group) is 1. The molecule has 0 saturated carbocycles. The Kier molecular flexibility index (Phi) is 5.50. The van der Waals surface area contributed by atoms with Gasteiger partial charge in [-0.2, -0.15) is 0 Å². The maximum Gasteiger partial charge on any atom is 0.161 e. The molecule has 3 heterocycles. The summed E-state index contributed by atoms with van der Waals surface area (Å²) in [6, 6.07) is 9.85. The maximum absolute atomic E-state index is 10.1. The van der Waals surface area contributed by atoms with Crippen molar-refractivity contribution in [3.05, 3.63) is 36.7 Å². The average molecular weight is 385 g/mol. The first-order valence-corrected chi connectivity index (χ1v) is 9.62. The number of nitrogens with one attached hydrogen (secondary N) is 1. The highest BCUT2D eigenvalue weighted by molar-refractivity contribution is 5.50. The Labute approximate surface area is 165 Å². The molecule has 2 aromatic rings. The number of benzene rings is 1. The molecule has 0 radical (unpaired) electrons. The van der Waals surface area contributed by atoms with E-state index in [2.05, 4.69) is 25.1 Å². The third-order valence-electron chi connectivity index (χ3n) is 4.99. The van der Waals surface area contributed by atoms with E-state index in [0.717, 1.165) is 36.1 Å². The minimum absolute atomic E-state index is 0.0941. The number of hydrogen-bond acceptors (Lipinski definition) is 8. The molecule has 2 N–H and O–H groups in total. The van der Waals surface area contributed by atoms with Gasteiger partial charge in [0, 0.05) is 25.2 Å². The van der Waals surface area contributed by atoms with Crippen molar-refractivity contribution in [2.75, 3.05) is 50.6 Å². The van der Waals surface area contributed by atoms with Crippen LogP contribution in [-0.4, -0.2) is 78.6 Å². The lowest BCUT2D eigenvalue weighted by atomic mass is 10.2. The van der Waals surface area contributed by atoms with Crippen LogP contribution >= 0.6 is 0 Å². The molecule has 3 atom stereocenters. The predicted molar refractivity (Wildman–Crippen MR) is 107 cm³/mol. The van der Waals surface area contributed by atoms with Gasteiger partial charge in [-0.1, -0.05) is 12.1 Å². The summed E-state index contributed by atoms with van der Waals surface area (Å²) in [6.45, 7) is 2.53. The third kappa shape index (κ3) is 4.28. The van der Waals surface area contributed by atoms with Crippen LogP contribution in [0.25, 0.3) is 0 Å². The second-order valence-corrected chi connectivity index (χ2v) is 7.60. The van der Waals surface area contributed by atoms with Crippen LogP contribution in [0.15, 0.2) is 36.7 Å². The number of ether oxygens (including phenoxy) is 2. The molecule has 2 aliphatic rings. The zero-order valence-electron chi connectivity index (χ0n) is 16.3. The van der Waals surface area contributed by atoms with Crippen LogP contribution in [0.5, 0.6) is 11.5 Å². The standard InChI is InChI=1S/C20H27N5O3/c1-24(2)10-14-7-15(26)11-25(14)20-8-19(22-13-23-20)21-9-16-12-27-17-5-3-4-6-18(17)28-16/h3-6,8,13-16,26H,7,9-12H2,1-2H3,(H,21,22,23)/t14-,15-,16?/m1/s1. The van der Waals surface area contributed by atoms with Gasteiger partial charge >= 0.3 is 0 Å². The van der Waals surface area contributed by atoms with Gasteiger partial charge in [-0.3, -0.25) is 0 Å². The van der Waals surface area contributed by atoms with E-state index in [1.807, 2.05) is 44.4 Å². The third-order valence-corrected chi connectivity index (χ3v) is 4.99. The molecule has 150 valence electrons. The SMILES string of the molecule is CN(C)C[C@H]1C[C@@H](O)CN1c1cc(NCC2COc3ccccc3O2)ncn1. The molecule has 8 nitrogen and oxygen atoms in total. The van der Waals surface area contributed by atoms with Crippen molar-refractivity contribution < 1.29 is 14.6 Å². The van der Waals surface area contributed by atoms with Crippen molar-refractivity contribution >= 4 is 11.6 Å². The lowest BCUT2D eigenvalue weighted by molar-refractivity contribution is 0.0997. The first-order valence-electron chi connectivity index (χ1n) is 9.62. The van der Waals surface area contributed by atoms with Crippen LogP contribution in [0, 0.1) is 0 Å². The van der Waals surface area contributed by atoms with E-state index >= 15 is 0 Å². The molecule has 1 aromatic heterocycles. The predicted octanol–water partition coefficient (Wildman–Crippen LogP) is 1.23. The molecule has 1 fully saturated rings. The fraction of sp³-hybridized carbons (Fsp3) is 0.500. The van der Waals surface area contributed by atoms with E-state index in [0.29, 0.717) is 19.7 Å². The van der Waals surface area contributed by atoms with Crippen LogP contribution in [0.2, 0.25) is 0 Å². The second-order valence-electron chi connectivity index (χ2n) is 7.60. The summed E-state index contributed by atoms with van der Waals surface area (Å²) < 4.78 is 11.7. The molecule has 0 bridgehead atoms. The Morgan fingerprint density at radius 2 is 2.07 bits per heavy atom. The smallest absolute Gasteiger partial charge is 0.161 e. The van der Waals surface area contributed by atoms with Crippen molar-refractivity contribution in [3.63, 3.8) is 0 Å². The number of anilines is 2. The Bertz CT molecular complexity index is 803. The number of aliphatic hydroxyl groups is 1. The quantitative estimate of drug-likeness (QED) is 0.768. The van der Waals surface area contributed by atoms with Crippen LogP contribution in [0.3, 0.4) is 0 Å². The summed E-state index contributed by atoms with van der Waals surface area (Å²) in [5.74, 6) is 3.11. The molecular formula is C20H27N5O3. The topological polar surface area (TPSA) is 83.0 Å². The summed E-state index contributed by atoms with van der Waals surface area (Å²) >= 11 is 0. The molecule has 1 saturated heterocycles. The molecule has 28 heavy (non-hydrogen) atoms. The van der Waals surface area contributed by atoms with Crippen molar-refractivity contribution in [2.45, 2.75) is 24.7 Å². The molecule has 0 spiro atoms. The minimum Gasteiger partial charge on any atom is -0.486 e. The lowest BCUT2D eigenvalue weighted by Gasteiger charge is -2.28. The first kappa shape index (κ1) is 18.8. The van der Waals surface area contributed by atoms with E-state index in [-0.39, 0.29) is 18.2 Å². The van der Waals surface area contributed by atoms with Gasteiger partial charge in [-0.05, 0) is 32.6 Å². The lowest BCUT2D eigenvalue weighted by Crippen LogP contribution is -2.38. The molecule has 1 aromatic carbocycles. The number of nitrogens with zero attached hydrogens (tertiary/aromatic N) is 4. The normalized spacial score (nSPS) is 23.9. The Balaban J connectivity index is 1.39. The van der Waals surface area contributed by atoms with Crippen molar-refractivity contribution in [3.8, 4) is 11.5 Å². The zero-order valence-corrected chi connectivity index (χ0v) is 16.3. The van der Waals surface area contributed by atoms with Gasteiger partial charge < -0.3 is 29.7 Å². The summed E-state index contributed by atoms with van der Waals surface area (Å²) in [4.78, 5) is 13.0. The highest BCUT2D eigenvalue weighted by Gasteiger charge is 2.32. The van der Waals surface area contributed by atoms with E-state index in [1.165, 1.54) is 0 Å². The average Bonchev–Trinajstić information content (AvgIpc) is 3.06. The van der Waals surface area contributed by atoms with Gasteiger partial charge in [-0.25, -0.2) is 9.97 Å². The van der Waals surface area contributed by atoms with E-state index in [4.69, 9.17) is 9.47 Å². The highest BCUT2D eigenvalue weighted by atomic mass is 16.6. The molecule has 0 aliphatic carbocycles. The monoisotopic (exact) mass is 385 g/mol. The van der Waals surface area contributed by atoms with Gasteiger partial charge in [0.2, 0.25) is 0 Å². The maximum atomic E-state index is 10.1. The van der Waals surface area contributed by atoms with Gasteiger partial charge in [-0.15, -0.1) is 0 Å². The Morgan fingerprint density at radius 1 is 1.25 bits per heavy atom. The Morgan fingerprint density at radius 3 is 2.89 bits per heavy atom. The number of hydrogen-bond donors (Lipinski definition) is 2. The molecule has 2 aliphatic heterocycles. The van der Waals surface area contributed by atoms with Gasteiger partial charge in [0.15, 0.2) is 11.5 Å². The minimum atomic E-state index is -0.329. The van der Waals surface area contributed by atoms with E-state index < -0.39 is 0 Å². The molecule has 1 unspecified atom stereocenters. The van der Waals surface area contributed by atoms with Crippen LogP contribution in [0.4, 0.5) is 11.6 Å². The largest absolute Gasteiger partial charge is 0.486 e. The summed E-state index contributed by atoms with van der Waals surface area (Å²) in [7, 11) is 4.08. The summed E-state index contributed by atoms with van der Waals surface area (Å²) in [5.41, 5.74) is 0. The number of aromatic nitrogens is 2. The molecular weight excluding hydrogens is 358 g/mol. The number of β-amino-alcohol motifs (C(OH)–C–C–N with tert-alkyl or cyclic N) is 1.